The van der Waals surface area contributed by atoms with Gasteiger partial charge in [0.25, 0.3) is 5.91 Å². The molecule has 2 heterocycles. The van der Waals surface area contributed by atoms with Crippen LogP contribution >= 0.6 is 11.3 Å². The molecule has 0 aliphatic carbocycles. The molecule has 110 valence electrons. The predicted octanol–water partition coefficient (Wildman–Crippen LogP) is 0.405. The molecule has 1 saturated heterocycles. The summed E-state index contributed by atoms with van der Waals surface area (Å²) >= 11 is 1.53. The lowest BCUT2D eigenvalue weighted by atomic mass is 10.0. The molecule has 1 aliphatic rings. The third-order valence-electron chi connectivity index (χ3n) is 3.46. The zero-order chi connectivity index (χ0) is 14.9. The molecule has 1 aromatic rings. The molecule has 20 heavy (non-hydrogen) atoms. The Balaban J connectivity index is 2.06. The summed E-state index contributed by atoms with van der Waals surface area (Å²) in [5.74, 6) is -0.563. The Kier molecular flexibility index (Phi) is 4.10. The molecule has 1 aromatic heterocycles. The highest BCUT2D eigenvalue weighted by Gasteiger charge is 2.39. The number of thiazole rings is 1. The molecule has 0 bridgehead atoms. The topological polar surface area (TPSA) is 85.5 Å². The van der Waals surface area contributed by atoms with Gasteiger partial charge in [-0.25, -0.2) is 4.98 Å². The monoisotopic (exact) mass is 297 g/mol. The van der Waals surface area contributed by atoms with E-state index in [1.54, 1.807) is 11.8 Å². The second-order valence-electron chi connectivity index (χ2n) is 5.18. The van der Waals surface area contributed by atoms with Gasteiger partial charge in [-0.15, -0.1) is 11.3 Å². The minimum atomic E-state index is -1.09. The van der Waals surface area contributed by atoms with Crippen molar-refractivity contribution in [2.24, 2.45) is 5.73 Å². The van der Waals surface area contributed by atoms with Crippen LogP contribution in [0.3, 0.4) is 0 Å². The number of hydrogen-bond acceptors (Lipinski definition) is 5. The molecular weight excluding hydrogens is 278 g/mol. The number of aryl methyl sites for hydroxylation is 2. The summed E-state index contributed by atoms with van der Waals surface area (Å²) in [5.41, 5.74) is 5.14. The highest BCUT2D eigenvalue weighted by atomic mass is 32.1. The first kappa shape index (κ1) is 14.9. The van der Waals surface area contributed by atoms with E-state index in [0.29, 0.717) is 19.6 Å². The van der Waals surface area contributed by atoms with Crippen LogP contribution in [0.25, 0.3) is 0 Å². The fraction of sp³-hybridized carbons (Fsp3) is 0.615. The molecule has 2 N–H and O–H groups in total. The first-order valence-electron chi connectivity index (χ1n) is 6.46. The van der Waals surface area contributed by atoms with Gasteiger partial charge in [-0.1, -0.05) is 0 Å². The summed E-state index contributed by atoms with van der Waals surface area (Å²) in [6, 6.07) is 0. The highest BCUT2D eigenvalue weighted by molar-refractivity contribution is 7.11. The molecule has 1 fully saturated rings. The van der Waals surface area contributed by atoms with E-state index in [1.165, 1.54) is 11.3 Å². The second-order valence-corrected chi connectivity index (χ2v) is 6.46. The molecule has 7 heteroatoms. The summed E-state index contributed by atoms with van der Waals surface area (Å²) in [6.07, 6.45) is 0.312. The third kappa shape index (κ3) is 2.99. The van der Waals surface area contributed by atoms with Gasteiger partial charge in [-0.2, -0.15) is 0 Å². The van der Waals surface area contributed by atoms with Crippen LogP contribution in [0.1, 0.15) is 22.5 Å². The largest absolute Gasteiger partial charge is 0.367 e. The minimum Gasteiger partial charge on any atom is -0.367 e. The maximum atomic E-state index is 12.3. The van der Waals surface area contributed by atoms with Gasteiger partial charge < -0.3 is 15.4 Å². The number of nitrogens with zero attached hydrogens (tertiary/aromatic N) is 2. The number of hydrogen-bond donors (Lipinski definition) is 1. The van der Waals surface area contributed by atoms with Gasteiger partial charge in [-0.05, 0) is 20.8 Å². The quantitative estimate of drug-likeness (QED) is 0.875. The Morgan fingerprint density at radius 3 is 2.75 bits per heavy atom. The lowest BCUT2D eigenvalue weighted by Crippen LogP contribution is -2.58. The molecule has 1 aliphatic heterocycles. The number of aromatic nitrogens is 1. The van der Waals surface area contributed by atoms with Crippen molar-refractivity contribution >= 4 is 23.2 Å². The molecule has 2 rings (SSSR count). The SMILES string of the molecule is Cc1nc(C)c(CC(=O)N2CCO[C@](C)(C(N)=O)C2)s1. The van der Waals surface area contributed by atoms with Crippen molar-refractivity contribution < 1.29 is 14.3 Å². The molecule has 2 amide bonds. The molecule has 1 atom stereocenters. The Bertz CT molecular complexity index is 543. The van der Waals surface area contributed by atoms with Crippen molar-refractivity contribution in [1.82, 2.24) is 9.88 Å². The number of carbonyl (C=O) groups is 2. The number of amides is 2. The van der Waals surface area contributed by atoms with Gasteiger partial charge in [0.1, 0.15) is 0 Å². The number of morpholine rings is 1. The smallest absolute Gasteiger partial charge is 0.251 e. The van der Waals surface area contributed by atoms with Gasteiger partial charge in [0.15, 0.2) is 5.60 Å². The lowest BCUT2D eigenvalue weighted by molar-refractivity contribution is -0.160. The Hall–Kier alpha value is -1.47. The number of nitrogens with two attached hydrogens (primary N) is 1. The van der Waals surface area contributed by atoms with Crippen LogP contribution < -0.4 is 5.73 Å². The van der Waals surface area contributed by atoms with Crippen molar-refractivity contribution in [2.75, 3.05) is 19.7 Å². The average Bonchev–Trinajstić information content (AvgIpc) is 2.67. The van der Waals surface area contributed by atoms with Crippen molar-refractivity contribution in [3.63, 3.8) is 0 Å². The van der Waals surface area contributed by atoms with E-state index >= 15 is 0 Å². The van der Waals surface area contributed by atoms with Crippen LogP contribution in [0.5, 0.6) is 0 Å². The minimum absolute atomic E-state index is 0.0208. The van der Waals surface area contributed by atoms with Gasteiger partial charge >= 0.3 is 0 Å². The third-order valence-corrected chi connectivity index (χ3v) is 4.53. The summed E-state index contributed by atoms with van der Waals surface area (Å²) in [5, 5.41) is 0.953. The Morgan fingerprint density at radius 1 is 1.50 bits per heavy atom. The highest BCUT2D eigenvalue weighted by Crippen LogP contribution is 2.21. The molecular formula is C13H19N3O3S. The maximum Gasteiger partial charge on any atom is 0.251 e. The van der Waals surface area contributed by atoms with E-state index in [9.17, 15) is 9.59 Å². The summed E-state index contributed by atoms with van der Waals surface area (Å²) in [6.45, 7) is 6.46. The zero-order valence-corrected chi connectivity index (χ0v) is 12.7. The Labute approximate surface area is 121 Å². The van der Waals surface area contributed by atoms with E-state index in [-0.39, 0.29) is 12.5 Å². The van der Waals surface area contributed by atoms with Crippen molar-refractivity contribution in [3.8, 4) is 0 Å². The number of primary amides is 1. The number of ether oxygens (including phenoxy) is 1. The summed E-state index contributed by atoms with van der Waals surface area (Å²) in [7, 11) is 0. The first-order valence-corrected chi connectivity index (χ1v) is 7.28. The van der Waals surface area contributed by atoms with Crippen LogP contribution in [0.2, 0.25) is 0 Å². The van der Waals surface area contributed by atoms with E-state index < -0.39 is 11.5 Å². The summed E-state index contributed by atoms with van der Waals surface area (Å²) in [4.78, 5) is 30.7. The average molecular weight is 297 g/mol. The Morgan fingerprint density at radius 2 is 2.20 bits per heavy atom. The van der Waals surface area contributed by atoms with E-state index in [2.05, 4.69) is 4.98 Å². The second kappa shape index (κ2) is 5.49. The molecule has 0 aromatic carbocycles. The van der Waals surface area contributed by atoms with Crippen LogP contribution in [0.15, 0.2) is 0 Å². The van der Waals surface area contributed by atoms with Crippen molar-refractivity contribution in [1.29, 1.82) is 0 Å². The molecule has 0 saturated carbocycles. The number of rotatable bonds is 3. The zero-order valence-electron chi connectivity index (χ0n) is 11.9. The lowest BCUT2D eigenvalue weighted by Gasteiger charge is -2.38. The van der Waals surface area contributed by atoms with Crippen molar-refractivity contribution in [3.05, 3.63) is 15.6 Å². The van der Waals surface area contributed by atoms with Gasteiger partial charge in [0, 0.05) is 11.4 Å². The fourth-order valence-electron chi connectivity index (χ4n) is 2.22. The van der Waals surface area contributed by atoms with Gasteiger partial charge in [0.2, 0.25) is 5.91 Å². The normalized spacial score (nSPS) is 22.9. The molecule has 0 radical (unpaired) electrons. The molecule has 0 spiro atoms. The van der Waals surface area contributed by atoms with Crippen molar-refractivity contribution in [2.45, 2.75) is 32.8 Å². The van der Waals surface area contributed by atoms with Crippen LogP contribution in [0, 0.1) is 13.8 Å². The van der Waals surface area contributed by atoms with E-state index in [1.807, 2.05) is 13.8 Å². The number of carbonyl (C=O) groups excluding carboxylic acids is 2. The maximum absolute atomic E-state index is 12.3. The molecule has 0 unspecified atom stereocenters. The fourth-order valence-corrected chi connectivity index (χ4v) is 3.15. The first-order chi connectivity index (χ1) is 9.32. The predicted molar refractivity (Wildman–Crippen MR) is 75.4 cm³/mol. The van der Waals surface area contributed by atoms with Gasteiger partial charge in [-0.3, -0.25) is 9.59 Å². The molecule has 6 nitrogen and oxygen atoms in total. The van der Waals surface area contributed by atoms with E-state index in [4.69, 9.17) is 10.5 Å². The van der Waals surface area contributed by atoms with Crippen LogP contribution in [-0.4, -0.2) is 47.0 Å². The van der Waals surface area contributed by atoms with Crippen LogP contribution in [-0.2, 0) is 20.7 Å². The van der Waals surface area contributed by atoms with E-state index in [0.717, 1.165) is 15.6 Å². The standard InChI is InChI=1S/C13H19N3O3S/c1-8-10(20-9(2)15-8)6-11(17)16-4-5-19-13(3,7-16)12(14)18/h4-7H2,1-3H3,(H2,14,18)/t13-/m0/s1. The van der Waals surface area contributed by atoms with Gasteiger partial charge in [0.05, 0.1) is 30.3 Å². The summed E-state index contributed by atoms with van der Waals surface area (Å²) < 4.78 is 5.41. The van der Waals surface area contributed by atoms with Crippen LogP contribution in [0.4, 0.5) is 0 Å².